The number of halogens is 1. The van der Waals surface area contributed by atoms with Gasteiger partial charge in [0.2, 0.25) is 0 Å². The van der Waals surface area contributed by atoms with E-state index in [0.717, 1.165) is 25.0 Å². The predicted octanol–water partition coefficient (Wildman–Crippen LogP) is 2.89. The van der Waals surface area contributed by atoms with E-state index in [4.69, 9.17) is 0 Å². The van der Waals surface area contributed by atoms with E-state index in [1.54, 1.807) is 0 Å². The van der Waals surface area contributed by atoms with Crippen molar-refractivity contribution < 1.29 is 5.11 Å². The van der Waals surface area contributed by atoms with Crippen molar-refractivity contribution in [2.75, 3.05) is 25.0 Å². The summed E-state index contributed by atoms with van der Waals surface area (Å²) in [7, 11) is 0. The Morgan fingerprint density at radius 2 is 1.93 bits per heavy atom. The number of aliphatic hydroxyl groups is 1. The first-order valence-corrected chi connectivity index (χ1v) is 7.05. The zero-order valence-corrected chi connectivity index (χ0v) is 12.2. The number of rotatable bonds is 8. The Labute approximate surface area is 103 Å². The molecule has 0 radical (unpaired) electrons. The van der Waals surface area contributed by atoms with Crippen LogP contribution in [0.25, 0.3) is 0 Å². The Morgan fingerprint density at radius 3 is 2.27 bits per heavy atom. The molecule has 0 saturated heterocycles. The van der Waals surface area contributed by atoms with Gasteiger partial charge in [0.1, 0.15) is 0 Å². The van der Waals surface area contributed by atoms with Gasteiger partial charge in [-0.1, -0.05) is 36.2 Å². The minimum atomic E-state index is -0.584. The van der Waals surface area contributed by atoms with E-state index < -0.39 is 5.60 Å². The minimum absolute atomic E-state index is 0.584. The van der Waals surface area contributed by atoms with Crippen molar-refractivity contribution in [2.45, 2.75) is 46.1 Å². The number of hydrogen-bond donors (Lipinski definition) is 1. The SMILES string of the molecule is CCCC(CBr)CN(CC)CC(C)(C)O. The summed E-state index contributed by atoms with van der Waals surface area (Å²) in [5.74, 6) is 0.706. The monoisotopic (exact) mass is 279 g/mol. The zero-order valence-electron chi connectivity index (χ0n) is 10.6. The molecule has 0 rings (SSSR count). The van der Waals surface area contributed by atoms with Crippen LogP contribution in [0.2, 0.25) is 0 Å². The molecule has 1 unspecified atom stereocenters. The van der Waals surface area contributed by atoms with E-state index >= 15 is 0 Å². The minimum Gasteiger partial charge on any atom is -0.389 e. The first kappa shape index (κ1) is 15.4. The molecule has 0 aromatic carbocycles. The van der Waals surface area contributed by atoms with Crippen LogP contribution >= 0.6 is 15.9 Å². The van der Waals surface area contributed by atoms with Crippen molar-refractivity contribution in [2.24, 2.45) is 5.92 Å². The molecule has 2 nitrogen and oxygen atoms in total. The van der Waals surface area contributed by atoms with Crippen molar-refractivity contribution in [3.05, 3.63) is 0 Å². The number of alkyl halides is 1. The van der Waals surface area contributed by atoms with Gasteiger partial charge in [-0.15, -0.1) is 0 Å². The van der Waals surface area contributed by atoms with Gasteiger partial charge in [-0.25, -0.2) is 0 Å². The molecule has 0 heterocycles. The average molecular weight is 280 g/mol. The van der Waals surface area contributed by atoms with Gasteiger partial charge in [0.25, 0.3) is 0 Å². The summed E-state index contributed by atoms with van der Waals surface area (Å²) < 4.78 is 0. The van der Waals surface area contributed by atoms with E-state index in [1.165, 1.54) is 12.8 Å². The van der Waals surface area contributed by atoms with Crippen molar-refractivity contribution in [3.8, 4) is 0 Å². The van der Waals surface area contributed by atoms with Gasteiger partial charge in [0.15, 0.2) is 0 Å². The van der Waals surface area contributed by atoms with E-state index in [2.05, 4.69) is 34.7 Å². The fourth-order valence-electron chi connectivity index (χ4n) is 1.84. The third kappa shape index (κ3) is 8.23. The van der Waals surface area contributed by atoms with Crippen LogP contribution in [0.4, 0.5) is 0 Å². The quantitative estimate of drug-likeness (QED) is 0.691. The average Bonchev–Trinajstić information content (AvgIpc) is 2.13. The fraction of sp³-hybridized carbons (Fsp3) is 1.00. The summed E-state index contributed by atoms with van der Waals surface area (Å²) >= 11 is 3.57. The summed E-state index contributed by atoms with van der Waals surface area (Å²) in [4.78, 5) is 2.33. The van der Waals surface area contributed by atoms with E-state index in [-0.39, 0.29) is 0 Å². The smallest absolute Gasteiger partial charge is 0.0718 e. The first-order chi connectivity index (χ1) is 6.92. The summed E-state index contributed by atoms with van der Waals surface area (Å²) in [6, 6.07) is 0. The third-order valence-corrected chi connectivity index (χ3v) is 3.40. The van der Waals surface area contributed by atoms with Gasteiger partial charge < -0.3 is 10.0 Å². The molecular weight excluding hydrogens is 254 g/mol. The van der Waals surface area contributed by atoms with Crippen LogP contribution in [-0.4, -0.2) is 40.6 Å². The molecule has 0 aromatic rings. The van der Waals surface area contributed by atoms with Gasteiger partial charge in [-0.2, -0.15) is 0 Å². The predicted molar refractivity (Wildman–Crippen MR) is 70.6 cm³/mol. The standard InChI is InChI=1S/C12H26BrNO/c1-5-7-11(8-13)9-14(6-2)10-12(3,4)15/h11,15H,5-10H2,1-4H3. The highest BCUT2D eigenvalue weighted by Crippen LogP contribution is 2.13. The van der Waals surface area contributed by atoms with Gasteiger partial charge >= 0.3 is 0 Å². The number of hydrogen-bond acceptors (Lipinski definition) is 2. The molecule has 0 saturated carbocycles. The van der Waals surface area contributed by atoms with Gasteiger partial charge in [0.05, 0.1) is 5.60 Å². The Bertz CT molecular complexity index is 156. The first-order valence-electron chi connectivity index (χ1n) is 5.93. The molecule has 0 amide bonds. The Kier molecular flexibility index (Phi) is 7.84. The highest BCUT2D eigenvalue weighted by Gasteiger charge is 2.19. The van der Waals surface area contributed by atoms with Crippen molar-refractivity contribution in [3.63, 3.8) is 0 Å². The number of nitrogens with zero attached hydrogens (tertiary/aromatic N) is 1. The highest BCUT2D eigenvalue weighted by molar-refractivity contribution is 9.09. The van der Waals surface area contributed by atoms with Crippen molar-refractivity contribution in [1.82, 2.24) is 4.90 Å². The van der Waals surface area contributed by atoms with Gasteiger partial charge in [0, 0.05) is 18.4 Å². The Hall–Kier alpha value is 0.400. The van der Waals surface area contributed by atoms with E-state index in [0.29, 0.717) is 5.92 Å². The lowest BCUT2D eigenvalue weighted by Gasteiger charge is -2.30. The van der Waals surface area contributed by atoms with E-state index in [1.807, 2.05) is 13.8 Å². The Balaban J connectivity index is 4.06. The second kappa shape index (κ2) is 7.64. The highest BCUT2D eigenvalue weighted by atomic mass is 79.9. The molecule has 0 bridgehead atoms. The topological polar surface area (TPSA) is 23.5 Å². The van der Waals surface area contributed by atoms with Crippen molar-refractivity contribution >= 4 is 15.9 Å². The second-order valence-electron chi connectivity index (χ2n) is 4.95. The molecule has 0 aromatic heterocycles. The van der Waals surface area contributed by atoms with Crippen LogP contribution in [0.5, 0.6) is 0 Å². The summed E-state index contributed by atoms with van der Waals surface area (Å²) in [5.41, 5.74) is -0.584. The van der Waals surface area contributed by atoms with Crippen molar-refractivity contribution in [1.29, 1.82) is 0 Å². The molecule has 0 aliphatic heterocycles. The maximum atomic E-state index is 9.78. The third-order valence-electron chi connectivity index (χ3n) is 2.49. The summed E-state index contributed by atoms with van der Waals surface area (Å²) in [6.45, 7) is 11.0. The molecule has 92 valence electrons. The molecule has 0 spiro atoms. The lowest BCUT2D eigenvalue weighted by atomic mass is 10.0. The normalized spacial score (nSPS) is 14.6. The fourth-order valence-corrected chi connectivity index (χ4v) is 2.37. The molecule has 1 N–H and O–H groups in total. The summed E-state index contributed by atoms with van der Waals surface area (Å²) in [5, 5.41) is 10.8. The van der Waals surface area contributed by atoms with Gasteiger partial charge in [-0.05, 0) is 32.7 Å². The van der Waals surface area contributed by atoms with Crippen LogP contribution in [0.15, 0.2) is 0 Å². The Morgan fingerprint density at radius 1 is 1.33 bits per heavy atom. The van der Waals surface area contributed by atoms with Crippen LogP contribution in [0.3, 0.4) is 0 Å². The lowest BCUT2D eigenvalue weighted by Crippen LogP contribution is -2.41. The zero-order chi connectivity index (χ0) is 11.9. The molecule has 0 fully saturated rings. The number of likely N-dealkylation sites (N-methyl/N-ethyl adjacent to an activating group) is 1. The van der Waals surface area contributed by atoms with Gasteiger partial charge in [-0.3, -0.25) is 0 Å². The molecule has 3 heteroatoms. The molecule has 15 heavy (non-hydrogen) atoms. The largest absolute Gasteiger partial charge is 0.389 e. The molecular formula is C12H26BrNO. The summed E-state index contributed by atoms with van der Waals surface area (Å²) in [6.07, 6.45) is 2.49. The molecule has 0 aliphatic rings. The van der Waals surface area contributed by atoms with Crippen LogP contribution in [0, 0.1) is 5.92 Å². The molecule has 0 aliphatic carbocycles. The second-order valence-corrected chi connectivity index (χ2v) is 5.60. The van der Waals surface area contributed by atoms with Crippen LogP contribution in [0.1, 0.15) is 40.5 Å². The maximum Gasteiger partial charge on any atom is 0.0718 e. The maximum absolute atomic E-state index is 9.78. The lowest BCUT2D eigenvalue weighted by molar-refractivity contribution is 0.0335. The molecule has 1 atom stereocenters. The van der Waals surface area contributed by atoms with Crippen LogP contribution in [-0.2, 0) is 0 Å². The van der Waals surface area contributed by atoms with Crippen LogP contribution < -0.4 is 0 Å². The van der Waals surface area contributed by atoms with E-state index in [9.17, 15) is 5.11 Å².